The van der Waals surface area contributed by atoms with Gasteiger partial charge in [0, 0.05) is 25.8 Å². The molecule has 0 atom stereocenters. The topological polar surface area (TPSA) is 39.7 Å². The highest BCUT2D eigenvalue weighted by Crippen LogP contribution is 2.30. The van der Waals surface area contributed by atoms with Gasteiger partial charge in [-0.25, -0.2) is 4.39 Å². The molecule has 0 amide bonds. The van der Waals surface area contributed by atoms with Crippen molar-refractivity contribution >= 4 is 11.6 Å². The van der Waals surface area contributed by atoms with Gasteiger partial charge >= 0.3 is 0 Å². The molecule has 0 spiro atoms. The number of nitrogens with one attached hydrogen (secondary N) is 1. The van der Waals surface area contributed by atoms with Crippen LogP contribution in [0.2, 0.25) is 5.02 Å². The summed E-state index contributed by atoms with van der Waals surface area (Å²) in [6.45, 7) is 2.37. The van der Waals surface area contributed by atoms with Crippen LogP contribution >= 0.6 is 11.6 Å². The van der Waals surface area contributed by atoms with Crippen LogP contribution in [0.15, 0.2) is 36.4 Å². The Kier molecular flexibility index (Phi) is 7.98. The molecule has 4 nitrogen and oxygen atoms in total. The molecule has 0 aliphatic carbocycles. The van der Waals surface area contributed by atoms with Crippen molar-refractivity contribution in [1.29, 1.82) is 0 Å². The van der Waals surface area contributed by atoms with Crippen molar-refractivity contribution in [3.8, 4) is 11.5 Å². The van der Waals surface area contributed by atoms with Crippen LogP contribution in [0, 0.1) is 5.82 Å². The Morgan fingerprint density at radius 3 is 2.68 bits per heavy atom. The second-order valence-corrected chi connectivity index (χ2v) is 5.90. The van der Waals surface area contributed by atoms with Crippen molar-refractivity contribution in [1.82, 2.24) is 5.32 Å². The maximum Gasteiger partial charge on any atom is 0.161 e. The third-order valence-electron chi connectivity index (χ3n) is 3.69. The average Bonchev–Trinajstić information content (AvgIpc) is 2.61. The smallest absolute Gasteiger partial charge is 0.161 e. The highest BCUT2D eigenvalue weighted by atomic mass is 35.5. The summed E-state index contributed by atoms with van der Waals surface area (Å²) in [7, 11) is 3.27. The lowest BCUT2D eigenvalue weighted by Gasteiger charge is -2.13. The van der Waals surface area contributed by atoms with E-state index in [1.165, 1.54) is 6.07 Å². The Balaban J connectivity index is 1.97. The number of halogens is 2. The molecule has 0 saturated carbocycles. The van der Waals surface area contributed by atoms with Crippen molar-refractivity contribution in [2.75, 3.05) is 27.4 Å². The molecule has 0 aliphatic rings. The minimum absolute atomic E-state index is 0.0382. The largest absolute Gasteiger partial charge is 0.493 e. The molecule has 2 aromatic rings. The van der Waals surface area contributed by atoms with E-state index in [0.717, 1.165) is 31.7 Å². The van der Waals surface area contributed by atoms with E-state index in [9.17, 15) is 4.39 Å². The highest BCUT2D eigenvalue weighted by Gasteiger charge is 2.10. The number of hydrogen-bond acceptors (Lipinski definition) is 4. The van der Waals surface area contributed by atoms with Crippen molar-refractivity contribution in [3.63, 3.8) is 0 Å². The lowest BCUT2D eigenvalue weighted by atomic mass is 10.2. The first-order chi connectivity index (χ1) is 12.2. The van der Waals surface area contributed by atoms with Gasteiger partial charge in [-0.05, 0) is 42.8 Å². The van der Waals surface area contributed by atoms with Crippen LogP contribution in [-0.2, 0) is 17.9 Å². The minimum atomic E-state index is -0.386. The van der Waals surface area contributed by atoms with Crippen LogP contribution in [-0.4, -0.2) is 27.4 Å². The Hall–Kier alpha value is -1.82. The molecule has 2 rings (SSSR count). The molecule has 0 bridgehead atoms. The molecule has 136 valence electrons. The molecule has 0 radical (unpaired) electrons. The summed E-state index contributed by atoms with van der Waals surface area (Å²) in [5, 5.41) is 3.68. The van der Waals surface area contributed by atoms with Crippen LogP contribution in [0.25, 0.3) is 0 Å². The molecule has 25 heavy (non-hydrogen) atoms. The lowest BCUT2D eigenvalue weighted by molar-refractivity contribution is 0.194. The van der Waals surface area contributed by atoms with Gasteiger partial charge in [0.15, 0.2) is 11.5 Å². The molecule has 0 aromatic heterocycles. The van der Waals surface area contributed by atoms with Crippen molar-refractivity contribution in [2.24, 2.45) is 0 Å². The van der Waals surface area contributed by atoms with E-state index < -0.39 is 0 Å². The van der Waals surface area contributed by atoms with Gasteiger partial charge in [0.25, 0.3) is 0 Å². The fraction of sp³-hybridized carbons (Fsp3) is 0.368. The molecule has 0 fully saturated rings. The zero-order valence-corrected chi connectivity index (χ0v) is 15.2. The number of methoxy groups -OCH3 is 2. The first-order valence-electron chi connectivity index (χ1n) is 8.08. The van der Waals surface area contributed by atoms with E-state index in [1.807, 2.05) is 18.2 Å². The molecule has 1 N–H and O–H groups in total. The Labute approximate surface area is 152 Å². The zero-order valence-electron chi connectivity index (χ0n) is 14.5. The van der Waals surface area contributed by atoms with Crippen molar-refractivity contribution < 1.29 is 18.6 Å². The Morgan fingerprint density at radius 1 is 1.12 bits per heavy atom. The molecule has 0 aliphatic heterocycles. The summed E-state index contributed by atoms with van der Waals surface area (Å²) in [5.74, 6) is 0.761. The van der Waals surface area contributed by atoms with Crippen LogP contribution in [0.4, 0.5) is 4.39 Å². The summed E-state index contributed by atoms with van der Waals surface area (Å²) in [4.78, 5) is 0. The zero-order chi connectivity index (χ0) is 18.1. The first-order valence-corrected chi connectivity index (χ1v) is 8.45. The fourth-order valence-corrected chi connectivity index (χ4v) is 2.55. The van der Waals surface area contributed by atoms with Crippen LogP contribution < -0.4 is 14.8 Å². The molecular weight excluding hydrogens is 345 g/mol. The normalized spacial score (nSPS) is 10.7. The summed E-state index contributed by atoms with van der Waals surface area (Å²) in [5.41, 5.74) is 1.40. The van der Waals surface area contributed by atoms with Gasteiger partial charge in [-0.3, -0.25) is 0 Å². The molecule has 6 heteroatoms. The molecule has 0 unspecified atom stereocenters. The minimum Gasteiger partial charge on any atom is -0.493 e. The summed E-state index contributed by atoms with van der Waals surface area (Å²) in [6.07, 6.45) is 0.957. The van der Waals surface area contributed by atoms with Crippen molar-refractivity contribution in [3.05, 3.63) is 58.4 Å². The van der Waals surface area contributed by atoms with Crippen LogP contribution in [0.1, 0.15) is 17.5 Å². The second kappa shape index (κ2) is 10.2. The predicted molar refractivity (Wildman–Crippen MR) is 96.9 cm³/mol. The lowest BCUT2D eigenvalue weighted by Crippen LogP contribution is -2.16. The van der Waals surface area contributed by atoms with Gasteiger partial charge in [-0.15, -0.1) is 0 Å². The predicted octanol–water partition coefficient (Wildman–Crippen LogP) is 4.19. The van der Waals surface area contributed by atoms with Gasteiger partial charge in [0.2, 0.25) is 0 Å². The summed E-state index contributed by atoms with van der Waals surface area (Å²) >= 11 is 6.02. The van der Waals surface area contributed by atoms with E-state index in [1.54, 1.807) is 26.4 Å². The van der Waals surface area contributed by atoms with Gasteiger partial charge in [0.1, 0.15) is 12.4 Å². The van der Waals surface area contributed by atoms with Gasteiger partial charge in [-0.1, -0.05) is 23.7 Å². The van der Waals surface area contributed by atoms with Crippen LogP contribution in [0.3, 0.4) is 0 Å². The fourth-order valence-electron chi connectivity index (χ4n) is 2.34. The molecule has 2 aromatic carbocycles. The van der Waals surface area contributed by atoms with Crippen LogP contribution in [0.5, 0.6) is 11.5 Å². The number of benzene rings is 2. The second-order valence-electron chi connectivity index (χ2n) is 5.50. The van der Waals surface area contributed by atoms with Crippen molar-refractivity contribution in [2.45, 2.75) is 19.6 Å². The number of rotatable bonds is 10. The summed E-state index contributed by atoms with van der Waals surface area (Å²) < 4.78 is 29.9. The average molecular weight is 368 g/mol. The van der Waals surface area contributed by atoms with Gasteiger partial charge in [-0.2, -0.15) is 0 Å². The maximum absolute atomic E-state index is 13.8. The van der Waals surface area contributed by atoms with E-state index in [2.05, 4.69) is 5.32 Å². The molecule has 0 saturated heterocycles. The maximum atomic E-state index is 13.8. The molecule has 0 heterocycles. The molecular formula is C19H23ClFNO3. The van der Waals surface area contributed by atoms with E-state index in [0.29, 0.717) is 22.1 Å². The van der Waals surface area contributed by atoms with Gasteiger partial charge in [0.05, 0.1) is 12.1 Å². The number of hydrogen-bond donors (Lipinski definition) is 1. The quantitative estimate of drug-likeness (QED) is 0.639. The SMILES string of the molecule is COCCCNCc1ccc(OCc2c(F)cccc2Cl)c(OC)c1. The van der Waals surface area contributed by atoms with E-state index >= 15 is 0 Å². The third-order valence-corrected chi connectivity index (χ3v) is 4.05. The number of ether oxygens (including phenoxy) is 3. The summed E-state index contributed by atoms with van der Waals surface area (Å²) in [6, 6.07) is 10.2. The van der Waals surface area contributed by atoms with Gasteiger partial charge < -0.3 is 19.5 Å². The first kappa shape index (κ1) is 19.5. The van der Waals surface area contributed by atoms with E-state index in [4.69, 9.17) is 25.8 Å². The third kappa shape index (κ3) is 5.88. The monoisotopic (exact) mass is 367 g/mol. The Bertz CT molecular complexity index is 661. The standard InChI is InChI=1S/C19H23ClFNO3/c1-23-10-4-9-22-12-14-7-8-18(19(11-14)24-2)25-13-15-16(20)5-3-6-17(15)21/h3,5-8,11,22H,4,9-10,12-13H2,1-2H3. The highest BCUT2D eigenvalue weighted by molar-refractivity contribution is 6.31. The Morgan fingerprint density at radius 2 is 1.96 bits per heavy atom. The van der Waals surface area contributed by atoms with E-state index in [-0.39, 0.29) is 12.4 Å².